The van der Waals surface area contributed by atoms with E-state index in [1.165, 1.54) is 12.1 Å². The highest BCUT2D eigenvalue weighted by atomic mass is 19.1. The molecule has 1 unspecified atom stereocenters. The van der Waals surface area contributed by atoms with Crippen LogP contribution in [-0.4, -0.2) is 22.5 Å². The van der Waals surface area contributed by atoms with E-state index in [0.717, 1.165) is 6.07 Å². The first-order chi connectivity index (χ1) is 9.15. The van der Waals surface area contributed by atoms with Crippen molar-refractivity contribution in [3.05, 3.63) is 35.1 Å². The molecular weight excluding hydrogens is 261 g/mol. The lowest BCUT2D eigenvalue weighted by Crippen LogP contribution is -2.51. The first-order valence-electron chi connectivity index (χ1n) is 6.46. The summed E-state index contributed by atoms with van der Waals surface area (Å²) in [4.78, 5) is 23.1. The van der Waals surface area contributed by atoms with Crippen molar-refractivity contribution in [2.24, 2.45) is 5.92 Å². The van der Waals surface area contributed by atoms with E-state index in [-0.39, 0.29) is 17.9 Å². The lowest BCUT2D eigenvalue weighted by molar-refractivity contribution is -0.138. The van der Waals surface area contributed by atoms with E-state index in [1.807, 2.05) is 13.8 Å². The van der Waals surface area contributed by atoms with Gasteiger partial charge in [-0.15, -0.1) is 0 Å². The summed E-state index contributed by atoms with van der Waals surface area (Å²) >= 11 is 0. The Labute approximate surface area is 118 Å². The van der Waals surface area contributed by atoms with Crippen LogP contribution in [0.1, 0.15) is 43.1 Å². The number of aliphatic carboxylic acids is 1. The monoisotopic (exact) mass is 281 g/mol. The third-order valence-electron chi connectivity index (χ3n) is 3.63. The number of amides is 1. The fourth-order valence-electron chi connectivity index (χ4n) is 1.77. The van der Waals surface area contributed by atoms with E-state index in [0.29, 0.717) is 5.56 Å². The van der Waals surface area contributed by atoms with E-state index in [9.17, 15) is 14.0 Å². The van der Waals surface area contributed by atoms with Crippen LogP contribution in [0.5, 0.6) is 0 Å². The van der Waals surface area contributed by atoms with Crippen LogP contribution < -0.4 is 5.32 Å². The van der Waals surface area contributed by atoms with Crippen molar-refractivity contribution >= 4 is 11.9 Å². The van der Waals surface area contributed by atoms with Crippen molar-refractivity contribution in [1.82, 2.24) is 5.32 Å². The van der Waals surface area contributed by atoms with Crippen molar-refractivity contribution < 1.29 is 19.1 Å². The maximum Gasteiger partial charge on any atom is 0.305 e. The Morgan fingerprint density at radius 1 is 1.40 bits per heavy atom. The fourth-order valence-corrected chi connectivity index (χ4v) is 1.77. The molecule has 1 amide bonds. The number of carbonyl (C=O) groups is 2. The van der Waals surface area contributed by atoms with Gasteiger partial charge in [-0.1, -0.05) is 19.9 Å². The first kappa shape index (κ1) is 16.1. The number of rotatable bonds is 5. The second-order valence-electron chi connectivity index (χ2n) is 5.56. The number of hydrogen-bond acceptors (Lipinski definition) is 2. The summed E-state index contributed by atoms with van der Waals surface area (Å²) in [5.74, 6) is -1.99. The molecule has 2 N–H and O–H groups in total. The smallest absolute Gasteiger partial charge is 0.305 e. The van der Waals surface area contributed by atoms with Gasteiger partial charge in [-0.05, 0) is 37.5 Å². The molecule has 0 heterocycles. The van der Waals surface area contributed by atoms with Gasteiger partial charge in [0.15, 0.2) is 0 Å². The molecule has 20 heavy (non-hydrogen) atoms. The van der Waals surface area contributed by atoms with Gasteiger partial charge in [-0.3, -0.25) is 9.59 Å². The van der Waals surface area contributed by atoms with Gasteiger partial charge in [0.25, 0.3) is 5.91 Å². The van der Waals surface area contributed by atoms with Gasteiger partial charge in [-0.2, -0.15) is 0 Å². The third kappa shape index (κ3) is 3.79. The minimum absolute atomic E-state index is 0.0714. The number of aryl methyl sites for hydroxylation is 1. The molecule has 4 nitrogen and oxygen atoms in total. The van der Waals surface area contributed by atoms with Crippen LogP contribution in [0, 0.1) is 18.7 Å². The van der Waals surface area contributed by atoms with E-state index in [1.54, 1.807) is 13.8 Å². The van der Waals surface area contributed by atoms with E-state index < -0.39 is 23.2 Å². The number of carboxylic acid groups (broad SMARTS) is 1. The topological polar surface area (TPSA) is 66.4 Å². The Morgan fingerprint density at radius 3 is 2.45 bits per heavy atom. The van der Waals surface area contributed by atoms with E-state index in [4.69, 9.17) is 5.11 Å². The number of halogens is 1. The molecule has 1 aromatic carbocycles. The molecule has 5 heteroatoms. The minimum atomic E-state index is -0.989. The second kappa shape index (κ2) is 6.03. The maximum absolute atomic E-state index is 13.5. The lowest BCUT2D eigenvalue weighted by Gasteiger charge is -2.33. The standard InChI is InChI=1S/C15H20FNO3/c1-9(2)15(4,8-13(18)19)17-14(20)11-6-5-10(3)12(16)7-11/h5-7,9H,8H2,1-4H3,(H,17,20)(H,18,19). The van der Waals surface area contributed by atoms with Crippen LogP contribution in [0.15, 0.2) is 18.2 Å². The molecule has 0 fully saturated rings. The van der Waals surface area contributed by atoms with Crippen molar-refractivity contribution in [2.75, 3.05) is 0 Å². The Bertz CT molecular complexity index is 528. The number of nitrogens with one attached hydrogen (secondary N) is 1. The summed E-state index contributed by atoms with van der Waals surface area (Å²) in [6, 6.07) is 4.20. The van der Waals surface area contributed by atoms with E-state index >= 15 is 0 Å². The van der Waals surface area contributed by atoms with Gasteiger partial charge in [0.05, 0.1) is 12.0 Å². The minimum Gasteiger partial charge on any atom is -0.481 e. The Hall–Kier alpha value is -1.91. The van der Waals surface area contributed by atoms with Gasteiger partial charge < -0.3 is 10.4 Å². The molecular formula is C15H20FNO3. The molecule has 0 radical (unpaired) electrons. The van der Waals surface area contributed by atoms with Crippen molar-refractivity contribution in [2.45, 2.75) is 39.7 Å². The molecule has 1 rings (SSSR count). The molecule has 1 aromatic rings. The average molecular weight is 281 g/mol. The maximum atomic E-state index is 13.5. The number of benzene rings is 1. The van der Waals surface area contributed by atoms with Gasteiger partial charge in [0, 0.05) is 5.56 Å². The highest BCUT2D eigenvalue weighted by molar-refractivity contribution is 5.95. The molecule has 110 valence electrons. The molecule has 0 saturated heterocycles. The van der Waals surface area contributed by atoms with E-state index in [2.05, 4.69) is 5.32 Å². The highest BCUT2D eigenvalue weighted by Gasteiger charge is 2.33. The van der Waals surface area contributed by atoms with Crippen LogP contribution in [0.2, 0.25) is 0 Å². The first-order valence-corrected chi connectivity index (χ1v) is 6.46. The number of carbonyl (C=O) groups excluding carboxylic acids is 1. The summed E-state index contributed by atoms with van der Waals surface area (Å²) in [5, 5.41) is 11.7. The highest BCUT2D eigenvalue weighted by Crippen LogP contribution is 2.22. The molecule has 0 aliphatic carbocycles. The van der Waals surface area contributed by atoms with Crippen molar-refractivity contribution in [1.29, 1.82) is 0 Å². The Morgan fingerprint density at radius 2 is 2.00 bits per heavy atom. The van der Waals surface area contributed by atoms with Gasteiger partial charge in [-0.25, -0.2) is 4.39 Å². The van der Waals surface area contributed by atoms with Crippen LogP contribution in [-0.2, 0) is 4.79 Å². The normalized spacial score (nSPS) is 13.9. The van der Waals surface area contributed by atoms with Crippen LogP contribution in [0.4, 0.5) is 4.39 Å². The van der Waals surface area contributed by atoms with Gasteiger partial charge in [0.2, 0.25) is 0 Å². The predicted molar refractivity (Wildman–Crippen MR) is 74.1 cm³/mol. The third-order valence-corrected chi connectivity index (χ3v) is 3.63. The average Bonchev–Trinajstić information content (AvgIpc) is 2.31. The molecule has 0 saturated carbocycles. The molecule has 0 spiro atoms. The van der Waals surface area contributed by atoms with Crippen LogP contribution in [0.3, 0.4) is 0 Å². The molecule has 0 aromatic heterocycles. The number of hydrogen-bond donors (Lipinski definition) is 2. The predicted octanol–water partition coefficient (Wildman–Crippen LogP) is 2.75. The molecule has 1 atom stereocenters. The fraction of sp³-hybridized carbons (Fsp3) is 0.467. The Kier molecular flexibility index (Phi) is 4.87. The lowest BCUT2D eigenvalue weighted by atomic mass is 9.85. The summed E-state index contributed by atoms with van der Waals surface area (Å²) in [6.45, 7) is 6.95. The zero-order chi connectivity index (χ0) is 15.5. The molecule has 0 aliphatic rings. The quantitative estimate of drug-likeness (QED) is 0.872. The zero-order valence-corrected chi connectivity index (χ0v) is 12.2. The molecule has 0 aliphatic heterocycles. The van der Waals surface area contributed by atoms with Crippen LogP contribution >= 0.6 is 0 Å². The SMILES string of the molecule is Cc1ccc(C(=O)NC(C)(CC(=O)O)C(C)C)cc1F. The Balaban J connectivity index is 2.96. The second-order valence-corrected chi connectivity index (χ2v) is 5.56. The summed E-state index contributed by atoms with van der Waals surface area (Å²) in [7, 11) is 0. The zero-order valence-electron chi connectivity index (χ0n) is 12.2. The van der Waals surface area contributed by atoms with Gasteiger partial charge >= 0.3 is 5.97 Å². The van der Waals surface area contributed by atoms with Crippen molar-refractivity contribution in [3.8, 4) is 0 Å². The van der Waals surface area contributed by atoms with Crippen LogP contribution in [0.25, 0.3) is 0 Å². The van der Waals surface area contributed by atoms with Gasteiger partial charge in [0.1, 0.15) is 5.82 Å². The number of carboxylic acids is 1. The largest absolute Gasteiger partial charge is 0.481 e. The summed E-state index contributed by atoms with van der Waals surface area (Å²) in [5.41, 5.74) is -0.242. The van der Waals surface area contributed by atoms with Crippen molar-refractivity contribution in [3.63, 3.8) is 0 Å². The molecule has 0 bridgehead atoms. The summed E-state index contributed by atoms with van der Waals surface area (Å²) < 4.78 is 13.5. The summed E-state index contributed by atoms with van der Waals surface area (Å²) in [6.07, 6.45) is -0.190.